The van der Waals surface area contributed by atoms with E-state index >= 15 is 0 Å². The maximum absolute atomic E-state index is 11.0. The van der Waals surface area contributed by atoms with Crippen molar-refractivity contribution in [1.29, 1.82) is 0 Å². The van der Waals surface area contributed by atoms with E-state index < -0.39 is 6.09 Å². The third-order valence-electron chi connectivity index (χ3n) is 2.66. The van der Waals surface area contributed by atoms with Crippen molar-refractivity contribution in [3.8, 4) is 5.75 Å². The molecule has 0 fully saturated rings. The highest BCUT2D eigenvalue weighted by molar-refractivity contribution is 5.65. The van der Waals surface area contributed by atoms with Crippen LogP contribution in [-0.2, 0) is 6.54 Å². The molecule has 86 valence electrons. The number of nitrogens with zero attached hydrogens (tertiary/aromatic N) is 2. The average molecular weight is 222 g/mol. The van der Waals surface area contributed by atoms with Crippen LogP contribution in [0.1, 0.15) is 18.9 Å². The smallest absolute Gasteiger partial charge is 0.407 e. The van der Waals surface area contributed by atoms with Crippen LogP contribution in [0.2, 0.25) is 0 Å². The van der Waals surface area contributed by atoms with Crippen molar-refractivity contribution >= 4 is 6.09 Å². The van der Waals surface area contributed by atoms with Crippen molar-refractivity contribution in [3.63, 3.8) is 0 Å². The Kier molecular flexibility index (Phi) is 2.94. The van der Waals surface area contributed by atoms with Crippen molar-refractivity contribution in [2.45, 2.75) is 26.0 Å². The molecule has 0 spiro atoms. The van der Waals surface area contributed by atoms with E-state index in [0.717, 1.165) is 17.7 Å². The largest absolute Gasteiger partial charge is 0.488 e. The van der Waals surface area contributed by atoms with E-state index in [-0.39, 0.29) is 6.10 Å². The van der Waals surface area contributed by atoms with Gasteiger partial charge in [0.15, 0.2) is 0 Å². The molecule has 0 saturated heterocycles. The predicted octanol–water partition coefficient (Wildman–Crippen LogP) is 1.73. The molecule has 1 aliphatic heterocycles. The Hall–Kier alpha value is -1.78. The lowest BCUT2D eigenvalue weighted by molar-refractivity contribution is 0.114. The molecule has 1 amide bonds. The fourth-order valence-electron chi connectivity index (χ4n) is 1.74. The fourth-order valence-corrected chi connectivity index (χ4v) is 1.74. The lowest BCUT2D eigenvalue weighted by atomic mass is 10.2. The predicted molar refractivity (Wildman–Crippen MR) is 57.4 cm³/mol. The van der Waals surface area contributed by atoms with Crippen molar-refractivity contribution in [2.75, 3.05) is 6.54 Å². The molecule has 1 aromatic rings. The van der Waals surface area contributed by atoms with Crippen molar-refractivity contribution in [3.05, 3.63) is 24.0 Å². The molecular formula is C11H14N2O3. The summed E-state index contributed by atoms with van der Waals surface area (Å²) in [4.78, 5) is 16.4. The van der Waals surface area contributed by atoms with E-state index in [4.69, 9.17) is 9.84 Å². The minimum Gasteiger partial charge on any atom is -0.488 e. The van der Waals surface area contributed by atoms with Gasteiger partial charge >= 0.3 is 6.09 Å². The maximum atomic E-state index is 11.0. The lowest BCUT2D eigenvalue weighted by Gasteiger charge is -2.20. The van der Waals surface area contributed by atoms with Crippen LogP contribution in [0.25, 0.3) is 0 Å². The van der Waals surface area contributed by atoms with Gasteiger partial charge in [0.1, 0.15) is 11.9 Å². The van der Waals surface area contributed by atoms with Gasteiger partial charge in [0.05, 0.1) is 13.1 Å². The Labute approximate surface area is 93.7 Å². The Bertz CT molecular complexity index is 395. The van der Waals surface area contributed by atoms with E-state index in [1.807, 2.05) is 6.92 Å². The molecule has 1 aromatic heterocycles. The summed E-state index contributed by atoms with van der Waals surface area (Å²) >= 11 is 0. The molecule has 1 N–H and O–H groups in total. The van der Waals surface area contributed by atoms with E-state index in [1.54, 1.807) is 18.5 Å². The first kappa shape index (κ1) is 10.7. The second-order valence-corrected chi connectivity index (χ2v) is 3.79. The molecule has 1 atom stereocenters. The Morgan fingerprint density at radius 1 is 1.75 bits per heavy atom. The molecule has 0 aliphatic carbocycles. The first-order valence-corrected chi connectivity index (χ1v) is 5.28. The van der Waals surface area contributed by atoms with Crippen LogP contribution in [0.5, 0.6) is 5.75 Å². The fraction of sp³-hybridized carbons (Fsp3) is 0.455. The van der Waals surface area contributed by atoms with Gasteiger partial charge in [-0.2, -0.15) is 0 Å². The zero-order chi connectivity index (χ0) is 11.5. The van der Waals surface area contributed by atoms with Gasteiger partial charge in [0.25, 0.3) is 0 Å². The summed E-state index contributed by atoms with van der Waals surface area (Å²) in [6, 6.07) is 1.78. The van der Waals surface area contributed by atoms with Crippen LogP contribution < -0.4 is 4.74 Å². The summed E-state index contributed by atoms with van der Waals surface area (Å²) in [5.74, 6) is 0.741. The summed E-state index contributed by atoms with van der Waals surface area (Å²) in [5.41, 5.74) is 0.820. The van der Waals surface area contributed by atoms with Crippen LogP contribution in [0, 0.1) is 0 Å². The van der Waals surface area contributed by atoms with Gasteiger partial charge in [-0.1, -0.05) is 6.92 Å². The SMILES string of the molecule is CCC1CN(C(=O)O)Cc2cnccc2O1. The topological polar surface area (TPSA) is 62.7 Å². The molecule has 0 aromatic carbocycles. The quantitative estimate of drug-likeness (QED) is 0.786. The summed E-state index contributed by atoms with van der Waals surface area (Å²) in [6.45, 7) is 2.73. The molecule has 5 nitrogen and oxygen atoms in total. The van der Waals surface area contributed by atoms with Crippen LogP contribution in [0.4, 0.5) is 4.79 Å². The summed E-state index contributed by atoms with van der Waals surface area (Å²) in [7, 11) is 0. The molecule has 5 heteroatoms. The van der Waals surface area contributed by atoms with Crippen molar-refractivity contribution < 1.29 is 14.6 Å². The summed E-state index contributed by atoms with van der Waals surface area (Å²) in [5, 5.41) is 9.05. The number of fused-ring (bicyclic) bond motifs is 1. The zero-order valence-electron chi connectivity index (χ0n) is 9.09. The molecule has 16 heavy (non-hydrogen) atoms. The third kappa shape index (κ3) is 2.08. The Morgan fingerprint density at radius 2 is 2.56 bits per heavy atom. The monoisotopic (exact) mass is 222 g/mol. The van der Waals surface area contributed by atoms with Crippen LogP contribution in [0.15, 0.2) is 18.5 Å². The Morgan fingerprint density at radius 3 is 3.25 bits per heavy atom. The number of hydrogen-bond donors (Lipinski definition) is 1. The highest BCUT2D eigenvalue weighted by Gasteiger charge is 2.24. The zero-order valence-corrected chi connectivity index (χ0v) is 9.09. The van der Waals surface area contributed by atoms with Crippen LogP contribution in [0.3, 0.4) is 0 Å². The standard InChI is InChI=1S/C11H14N2O3/c1-2-9-7-13(11(14)15)6-8-5-12-4-3-10(8)16-9/h3-5,9H,2,6-7H2,1H3,(H,14,15). The van der Waals surface area contributed by atoms with E-state index in [2.05, 4.69) is 4.98 Å². The number of ether oxygens (including phenoxy) is 1. The maximum Gasteiger partial charge on any atom is 0.407 e. The first-order chi connectivity index (χ1) is 7.70. The second kappa shape index (κ2) is 4.38. The van der Waals surface area contributed by atoms with E-state index in [1.165, 1.54) is 4.90 Å². The molecule has 2 heterocycles. The normalized spacial score (nSPS) is 19.6. The average Bonchev–Trinajstić information content (AvgIpc) is 2.47. The van der Waals surface area contributed by atoms with Crippen molar-refractivity contribution in [1.82, 2.24) is 9.88 Å². The van der Waals surface area contributed by atoms with E-state index in [9.17, 15) is 4.79 Å². The number of carboxylic acid groups (broad SMARTS) is 1. The van der Waals surface area contributed by atoms with Gasteiger partial charge in [-0.3, -0.25) is 4.98 Å². The van der Waals surface area contributed by atoms with Gasteiger partial charge in [-0.25, -0.2) is 4.79 Å². The number of pyridine rings is 1. The van der Waals surface area contributed by atoms with E-state index in [0.29, 0.717) is 13.1 Å². The molecule has 1 aliphatic rings. The van der Waals surface area contributed by atoms with Gasteiger partial charge in [0.2, 0.25) is 0 Å². The minimum absolute atomic E-state index is 0.0836. The first-order valence-electron chi connectivity index (χ1n) is 5.28. The molecule has 0 bridgehead atoms. The highest BCUT2D eigenvalue weighted by atomic mass is 16.5. The van der Waals surface area contributed by atoms with Gasteiger partial charge in [-0.15, -0.1) is 0 Å². The third-order valence-corrected chi connectivity index (χ3v) is 2.66. The minimum atomic E-state index is -0.918. The van der Waals surface area contributed by atoms with Crippen LogP contribution >= 0.6 is 0 Å². The summed E-state index contributed by atoms with van der Waals surface area (Å²) in [6.07, 6.45) is 3.09. The van der Waals surface area contributed by atoms with Gasteiger partial charge in [0, 0.05) is 18.0 Å². The number of hydrogen-bond acceptors (Lipinski definition) is 3. The van der Waals surface area contributed by atoms with Crippen molar-refractivity contribution in [2.24, 2.45) is 0 Å². The second-order valence-electron chi connectivity index (χ2n) is 3.79. The molecular weight excluding hydrogens is 208 g/mol. The lowest BCUT2D eigenvalue weighted by Crippen LogP contribution is -2.35. The number of rotatable bonds is 1. The number of aromatic nitrogens is 1. The Balaban J connectivity index is 2.30. The highest BCUT2D eigenvalue weighted by Crippen LogP contribution is 2.24. The molecule has 0 saturated carbocycles. The summed E-state index contributed by atoms with van der Waals surface area (Å²) < 4.78 is 5.74. The van der Waals surface area contributed by atoms with Crippen LogP contribution in [-0.4, -0.2) is 33.7 Å². The molecule has 1 unspecified atom stereocenters. The molecule has 2 rings (SSSR count). The van der Waals surface area contributed by atoms with Gasteiger partial charge < -0.3 is 14.7 Å². The number of amides is 1. The molecule has 0 radical (unpaired) electrons. The van der Waals surface area contributed by atoms with Gasteiger partial charge in [-0.05, 0) is 12.5 Å². The number of carbonyl (C=O) groups is 1.